The Labute approximate surface area is 126 Å². The predicted molar refractivity (Wildman–Crippen MR) is 83.8 cm³/mol. The number of nitrogens with zero attached hydrogens (tertiary/aromatic N) is 3. The fraction of sp³-hybridized carbons (Fsp3) is 0.667. The molecule has 118 valence electrons. The molecule has 0 saturated carbocycles. The summed E-state index contributed by atoms with van der Waals surface area (Å²) in [7, 11) is 0. The van der Waals surface area contributed by atoms with Crippen LogP contribution in [0.2, 0.25) is 0 Å². The zero-order chi connectivity index (χ0) is 15.8. The van der Waals surface area contributed by atoms with Crippen LogP contribution in [0, 0.1) is 6.92 Å². The molecule has 6 heteroatoms. The minimum atomic E-state index is -0.994. The van der Waals surface area contributed by atoms with Crippen molar-refractivity contribution in [2.24, 2.45) is 0 Å². The van der Waals surface area contributed by atoms with E-state index in [4.69, 9.17) is 5.11 Å². The molecule has 6 nitrogen and oxygen atoms in total. The summed E-state index contributed by atoms with van der Waals surface area (Å²) in [4.78, 5) is 21.6. The number of anilines is 1. The van der Waals surface area contributed by atoms with E-state index in [0.29, 0.717) is 11.6 Å². The summed E-state index contributed by atoms with van der Waals surface area (Å²) >= 11 is 0. The van der Waals surface area contributed by atoms with Crippen molar-refractivity contribution in [2.45, 2.75) is 46.6 Å². The lowest BCUT2D eigenvalue weighted by Crippen LogP contribution is -2.26. The summed E-state index contributed by atoms with van der Waals surface area (Å²) < 4.78 is 0. The van der Waals surface area contributed by atoms with Crippen LogP contribution in [0.1, 0.15) is 49.7 Å². The van der Waals surface area contributed by atoms with Gasteiger partial charge in [-0.1, -0.05) is 13.8 Å². The van der Waals surface area contributed by atoms with Crippen molar-refractivity contribution in [1.82, 2.24) is 14.9 Å². The number of hydrogen-bond acceptors (Lipinski definition) is 5. The molecule has 0 aliphatic heterocycles. The van der Waals surface area contributed by atoms with Crippen molar-refractivity contribution in [3.63, 3.8) is 0 Å². The highest BCUT2D eigenvalue weighted by molar-refractivity contribution is 5.88. The molecular weight excluding hydrogens is 268 g/mol. The van der Waals surface area contributed by atoms with Gasteiger partial charge in [0, 0.05) is 12.2 Å². The van der Waals surface area contributed by atoms with E-state index in [1.54, 1.807) is 6.92 Å². The lowest BCUT2D eigenvalue weighted by molar-refractivity contribution is 0.0695. The second-order valence-corrected chi connectivity index (χ2v) is 5.21. The van der Waals surface area contributed by atoms with Crippen LogP contribution in [0.5, 0.6) is 0 Å². The Kier molecular flexibility index (Phi) is 7.08. The SMILES string of the molecule is CCN(CC)CCCC(C)Nc1ncc(C(=O)O)c(C)n1. The van der Waals surface area contributed by atoms with Gasteiger partial charge in [-0.2, -0.15) is 0 Å². The van der Waals surface area contributed by atoms with Crippen LogP contribution in [-0.2, 0) is 0 Å². The second kappa shape index (κ2) is 8.56. The van der Waals surface area contributed by atoms with Gasteiger partial charge < -0.3 is 15.3 Å². The first kappa shape index (κ1) is 17.4. The predicted octanol–water partition coefficient (Wildman–Crippen LogP) is 2.41. The summed E-state index contributed by atoms with van der Waals surface area (Å²) in [5.74, 6) is -0.501. The third-order valence-corrected chi connectivity index (χ3v) is 3.59. The average Bonchev–Trinajstić information content (AvgIpc) is 2.43. The van der Waals surface area contributed by atoms with Gasteiger partial charge in [0.2, 0.25) is 5.95 Å². The number of aryl methyl sites for hydroxylation is 1. The Balaban J connectivity index is 2.46. The standard InChI is InChI=1S/C15H26N4O2/c1-5-19(6-2)9-7-8-11(3)17-15-16-10-13(14(20)21)12(4)18-15/h10-11H,5-9H2,1-4H3,(H,20,21)(H,16,17,18). The molecule has 2 N–H and O–H groups in total. The highest BCUT2D eigenvalue weighted by Crippen LogP contribution is 2.10. The molecular formula is C15H26N4O2. The first-order chi connectivity index (χ1) is 9.97. The van der Waals surface area contributed by atoms with Gasteiger partial charge in [-0.3, -0.25) is 0 Å². The Bertz CT molecular complexity index is 461. The Morgan fingerprint density at radius 3 is 2.62 bits per heavy atom. The van der Waals surface area contributed by atoms with Crippen molar-refractivity contribution < 1.29 is 9.90 Å². The Hall–Kier alpha value is -1.69. The lowest BCUT2D eigenvalue weighted by atomic mass is 10.2. The number of hydrogen-bond donors (Lipinski definition) is 2. The van der Waals surface area contributed by atoms with Crippen LogP contribution in [-0.4, -0.2) is 51.6 Å². The van der Waals surface area contributed by atoms with Crippen LogP contribution in [0.4, 0.5) is 5.95 Å². The molecule has 1 rings (SSSR count). The Morgan fingerprint density at radius 1 is 1.43 bits per heavy atom. The van der Waals surface area contributed by atoms with Crippen LogP contribution in [0.15, 0.2) is 6.20 Å². The first-order valence-corrected chi connectivity index (χ1v) is 7.53. The van der Waals surface area contributed by atoms with Crippen LogP contribution in [0.3, 0.4) is 0 Å². The van der Waals surface area contributed by atoms with Crippen molar-refractivity contribution >= 4 is 11.9 Å². The molecule has 1 aromatic heterocycles. The van der Waals surface area contributed by atoms with Crippen LogP contribution in [0.25, 0.3) is 0 Å². The highest BCUT2D eigenvalue weighted by Gasteiger charge is 2.11. The number of aromatic carboxylic acids is 1. The smallest absolute Gasteiger partial charge is 0.339 e. The van der Waals surface area contributed by atoms with E-state index in [9.17, 15) is 4.79 Å². The van der Waals surface area contributed by atoms with Gasteiger partial charge in [-0.15, -0.1) is 0 Å². The maximum Gasteiger partial charge on any atom is 0.339 e. The fourth-order valence-corrected chi connectivity index (χ4v) is 2.20. The number of carboxylic acids is 1. The molecule has 1 unspecified atom stereocenters. The molecule has 1 atom stereocenters. The van der Waals surface area contributed by atoms with E-state index in [0.717, 1.165) is 32.5 Å². The minimum Gasteiger partial charge on any atom is -0.478 e. The van der Waals surface area contributed by atoms with E-state index < -0.39 is 5.97 Å². The van der Waals surface area contributed by atoms with Crippen molar-refractivity contribution in [2.75, 3.05) is 25.0 Å². The van der Waals surface area contributed by atoms with Gasteiger partial charge in [-0.25, -0.2) is 14.8 Å². The molecule has 0 aromatic carbocycles. The maximum absolute atomic E-state index is 10.9. The van der Waals surface area contributed by atoms with Gasteiger partial charge in [-0.05, 0) is 46.3 Å². The molecule has 0 aliphatic carbocycles. The molecule has 0 saturated heterocycles. The molecule has 0 fully saturated rings. The Morgan fingerprint density at radius 2 is 2.10 bits per heavy atom. The van der Waals surface area contributed by atoms with E-state index in [1.807, 2.05) is 0 Å². The zero-order valence-electron chi connectivity index (χ0n) is 13.4. The van der Waals surface area contributed by atoms with Crippen LogP contribution >= 0.6 is 0 Å². The number of nitrogens with one attached hydrogen (secondary N) is 1. The number of aromatic nitrogens is 2. The quantitative estimate of drug-likeness (QED) is 0.728. The number of carboxylic acid groups (broad SMARTS) is 1. The third-order valence-electron chi connectivity index (χ3n) is 3.59. The van der Waals surface area contributed by atoms with Crippen molar-refractivity contribution in [3.05, 3.63) is 17.5 Å². The first-order valence-electron chi connectivity index (χ1n) is 7.53. The largest absolute Gasteiger partial charge is 0.478 e. The van der Waals surface area contributed by atoms with E-state index in [1.165, 1.54) is 6.20 Å². The number of carbonyl (C=O) groups is 1. The van der Waals surface area contributed by atoms with E-state index in [2.05, 4.69) is 41.0 Å². The monoisotopic (exact) mass is 294 g/mol. The van der Waals surface area contributed by atoms with Crippen LogP contribution < -0.4 is 5.32 Å². The molecule has 0 radical (unpaired) electrons. The molecule has 0 bridgehead atoms. The van der Waals surface area contributed by atoms with Crippen molar-refractivity contribution in [3.8, 4) is 0 Å². The van der Waals surface area contributed by atoms with Gasteiger partial charge in [0.05, 0.1) is 11.3 Å². The molecule has 0 aliphatic rings. The molecule has 0 spiro atoms. The van der Waals surface area contributed by atoms with Gasteiger partial charge in [0.25, 0.3) is 0 Å². The highest BCUT2D eigenvalue weighted by atomic mass is 16.4. The van der Waals surface area contributed by atoms with Gasteiger partial charge in [0.15, 0.2) is 0 Å². The van der Waals surface area contributed by atoms with E-state index in [-0.39, 0.29) is 11.6 Å². The second-order valence-electron chi connectivity index (χ2n) is 5.21. The molecule has 0 amide bonds. The summed E-state index contributed by atoms with van der Waals surface area (Å²) in [5.41, 5.74) is 0.630. The topological polar surface area (TPSA) is 78.4 Å². The molecule has 1 heterocycles. The molecule has 21 heavy (non-hydrogen) atoms. The lowest BCUT2D eigenvalue weighted by Gasteiger charge is -2.19. The molecule has 1 aromatic rings. The summed E-state index contributed by atoms with van der Waals surface area (Å²) in [6.45, 7) is 11.4. The zero-order valence-corrected chi connectivity index (χ0v) is 13.4. The van der Waals surface area contributed by atoms with E-state index >= 15 is 0 Å². The minimum absolute atomic E-state index is 0.148. The fourth-order valence-electron chi connectivity index (χ4n) is 2.20. The summed E-state index contributed by atoms with van der Waals surface area (Å²) in [6.07, 6.45) is 3.50. The average molecular weight is 294 g/mol. The number of rotatable bonds is 9. The van der Waals surface area contributed by atoms with Gasteiger partial charge >= 0.3 is 5.97 Å². The summed E-state index contributed by atoms with van der Waals surface area (Å²) in [5, 5.41) is 12.2. The van der Waals surface area contributed by atoms with Crippen molar-refractivity contribution in [1.29, 1.82) is 0 Å². The maximum atomic E-state index is 10.9. The third kappa shape index (κ3) is 5.67. The summed E-state index contributed by atoms with van der Waals surface area (Å²) in [6, 6.07) is 0.260. The normalized spacial score (nSPS) is 12.4. The van der Waals surface area contributed by atoms with Gasteiger partial charge in [0.1, 0.15) is 0 Å².